The van der Waals surface area contributed by atoms with Crippen molar-refractivity contribution < 1.29 is 9.90 Å². The maximum Gasteiger partial charge on any atom is 0.234 e. The number of amides is 1. The Balaban J connectivity index is 1.65. The van der Waals surface area contributed by atoms with Crippen LogP contribution in [0, 0.1) is 5.41 Å². The first-order valence-corrected chi connectivity index (χ1v) is 7.36. The summed E-state index contributed by atoms with van der Waals surface area (Å²) in [5.41, 5.74) is 1.10. The predicted octanol–water partition coefficient (Wildman–Crippen LogP) is 1.45. The van der Waals surface area contributed by atoms with Gasteiger partial charge < -0.3 is 15.7 Å². The molecule has 20 heavy (non-hydrogen) atoms. The van der Waals surface area contributed by atoms with E-state index in [1.165, 1.54) is 12.8 Å². The second-order valence-corrected chi connectivity index (χ2v) is 5.73. The number of carbonyl (C=O) groups excluding carboxylic acids is 1. The summed E-state index contributed by atoms with van der Waals surface area (Å²) in [7, 11) is 0. The van der Waals surface area contributed by atoms with Gasteiger partial charge in [0, 0.05) is 25.1 Å². The van der Waals surface area contributed by atoms with Crippen LogP contribution < -0.4 is 10.6 Å². The zero-order valence-corrected chi connectivity index (χ0v) is 11.9. The molecule has 0 saturated heterocycles. The van der Waals surface area contributed by atoms with Crippen molar-refractivity contribution in [2.45, 2.75) is 32.2 Å². The van der Waals surface area contributed by atoms with Gasteiger partial charge in [-0.05, 0) is 18.4 Å². The van der Waals surface area contributed by atoms with E-state index >= 15 is 0 Å². The van der Waals surface area contributed by atoms with Crippen LogP contribution in [0.4, 0.5) is 0 Å². The molecule has 4 nitrogen and oxygen atoms in total. The molecule has 0 heterocycles. The highest BCUT2D eigenvalue weighted by molar-refractivity contribution is 5.77. The summed E-state index contributed by atoms with van der Waals surface area (Å²) in [6, 6.07) is 9.87. The molecule has 1 amide bonds. The van der Waals surface area contributed by atoms with Crippen LogP contribution in [-0.2, 0) is 11.3 Å². The maximum absolute atomic E-state index is 11.7. The smallest absolute Gasteiger partial charge is 0.234 e. The zero-order valence-electron chi connectivity index (χ0n) is 11.9. The Morgan fingerprint density at radius 1 is 1.20 bits per heavy atom. The molecule has 1 aromatic rings. The van der Waals surface area contributed by atoms with Gasteiger partial charge in [-0.2, -0.15) is 0 Å². The standard InChI is InChI=1S/C16H24N2O2/c19-13-16(8-4-5-9-16)12-17-11-15(20)18-10-14-6-2-1-3-7-14/h1-3,6-7,17,19H,4-5,8-13H2,(H,18,20). The summed E-state index contributed by atoms with van der Waals surface area (Å²) in [4.78, 5) is 11.7. The number of hydrogen-bond donors (Lipinski definition) is 3. The Morgan fingerprint density at radius 3 is 2.55 bits per heavy atom. The summed E-state index contributed by atoms with van der Waals surface area (Å²) in [6.07, 6.45) is 4.48. The molecule has 0 aliphatic heterocycles. The number of rotatable bonds is 7. The molecule has 110 valence electrons. The Labute approximate surface area is 120 Å². The predicted molar refractivity (Wildman–Crippen MR) is 79.1 cm³/mol. The number of carbonyl (C=O) groups is 1. The van der Waals surface area contributed by atoms with Crippen molar-refractivity contribution in [1.82, 2.24) is 10.6 Å². The number of aliphatic hydroxyl groups excluding tert-OH is 1. The van der Waals surface area contributed by atoms with Crippen molar-refractivity contribution >= 4 is 5.91 Å². The van der Waals surface area contributed by atoms with E-state index in [2.05, 4.69) is 10.6 Å². The molecule has 0 aromatic heterocycles. The second-order valence-electron chi connectivity index (χ2n) is 5.73. The van der Waals surface area contributed by atoms with Crippen molar-refractivity contribution in [2.75, 3.05) is 19.7 Å². The highest BCUT2D eigenvalue weighted by Gasteiger charge is 2.32. The number of hydrogen-bond acceptors (Lipinski definition) is 3. The Kier molecular flexibility index (Phi) is 5.56. The van der Waals surface area contributed by atoms with E-state index < -0.39 is 0 Å². The van der Waals surface area contributed by atoms with E-state index in [0.717, 1.165) is 24.9 Å². The molecule has 0 bridgehead atoms. The lowest BCUT2D eigenvalue weighted by Crippen LogP contribution is -2.40. The highest BCUT2D eigenvalue weighted by Crippen LogP contribution is 2.36. The molecule has 0 atom stereocenters. The van der Waals surface area contributed by atoms with E-state index in [4.69, 9.17) is 0 Å². The van der Waals surface area contributed by atoms with Gasteiger partial charge in [-0.1, -0.05) is 43.2 Å². The van der Waals surface area contributed by atoms with E-state index in [1.54, 1.807) is 0 Å². The minimum atomic E-state index is -0.000288. The fourth-order valence-electron chi connectivity index (χ4n) is 2.82. The van der Waals surface area contributed by atoms with Crippen LogP contribution in [0.3, 0.4) is 0 Å². The van der Waals surface area contributed by atoms with Crippen LogP contribution >= 0.6 is 0 Å². The summed E-state index contributed by atoms with van der Waals surface area (Å²) in [5.74, 6) is -0.0000557. The fourth-order valence-corrected chi connectivity index (χ4v) is 2.82. The van der Waals surface area contributed by atoms with E-state index in [1.807, 2.05) is 30.3 Å². The average molecular weight is 276 g/mol. The van der Waals surface area contributed by atoms with Gasteiger partial charge in [0.15, 0.2) is 0 Å². The monoisotopic (exact) mass is 276 g/mol. The molecule has 2 rings (SSSR count). The van der Waals surface area contributed by atoms with Crippen LogP contribution in [-0.4, -0.2) is 30.7 Å². The van der Waals surface area contributed by atoms with Gasteiger partial charge in [0.2, 0.25) is 5.91 Å². The van der Waals surface area contributed by atoms with Crippen molar-refractivity contribution in [3.05, 3.63) is 35.9 Å². The lowest BCUT2D eigenvalue weighted by Gasteiger charge is -2.26. The lowest BCUT2D eigenvalue weighted by molar-refractivity contribution is -0.120. The van der Waals surface area contributed by atoms with Gasteiger partial charge in [0.1, 0.15) is 0 Å². The lowest BCUT2D eigenvalue weighted by atomic mass is 9.87. The number of benzene rings is 1. The van der Waals surface area contributed by atoms with Crippen molar-refractivity contribution in [2.24, 2.45) is 5.41 Å². The normalized spacial score (nSPS) is 17.1. The molecule has 3 N–H and O–H groups in total. The van der Waals surface area contributed by atoms with Crippen LogP contribution in [0.2, 0.25) is 0 Å². The van der Waals surface area contributed by atoms with Crippen molar-refractivity contribution in [3.8, 4) is 0 Å². The van der Waals surface area contributed by atoms with Crippen LogP contribution in [0.1, 0.15) is 31.2 Å². The summed E-state index contributed by atoms with van der Waals surface area (Å²) < 4.78 is 0. The van der Waals surface area contributed by atoms with Gasteiger partial charge >= 0.3 is 0 Å². The third-order valence-corrected chi connectivity index (χ3v) is 4.12. The number of aliphatic hydroxyl groups is 1. The average Bonchev–Trinajstić information content (AvgIpc) is 2.96. The van der Waals surface area contributed by atoms with Crippen LogP contribution in [0.15, 0.2) is 30.3 Å². The third kappa shape index (κ3) is 4.32. The first kappa shape index (κ1) is 15.0. The molecular formula is C16H24N2O2. The third-order valence-electron chi connectivity index (χ3n) is 4.12. The zero-order chi connectivity index (χ0) is 14.3. The molecule has 0 radical (unpaired) electrons. The molecule has 0 spiro atoms. The SMILES string of the molecule is O=C(CNCC1(CO)CCCC1)NCc1ccccc1. The quantitative estimate of drug-likeness (QED) is 0.706. The number of nitrogens with one attached hydrogen (secondary N) is 2. The van der Waals surface area contributed by atoms with Crippen LogP contribution in [0.25, 0.3) is 0 Å². The highest BCUT2D eigenvalue weighted by atomic mass is 16.3. The van der Waals surface area contributed by atoms with Crippen molar-refractivity contribution in [1.29, 1.82) is 0 Å². The Bertz CT molecular complexity index is 414. The molecule has 1 aliphatic rings. The van der Waals surface area contributed by atoms with Crippen molar-refractivity contribution in [3.63, 3.8) is 0 Å². The first-order valence-electron chi connectivity index (χ1n) is 7.36. The Hall–Kier alpha value is -1.39. The van der Waals surface area contributed by atoms with Gasteiger partial charge in [-0.15, -0.1) is 0 Å². The second kappa shape index (κ2) is 7.41. The van der Waals surface area contributed by atoms with E-state index in [0.29, 0.717) is 13.1 Å². The van der Waals surface area contributed by atoms with Gasteiger partial charge in [0.05, 0.1) is 6.54 Å². The first-order chi connectivity index (χ1) is 9.74. The molecule has 0 unspecified atom stereocenters. The van der Waals surface area contributed by atoms with Crippen LogP contribution in [0.5, 0.6) is 0 Å². The minimum Gasteiger partial charge on any atom is -0.396 e. The topological polar surface area (TPSA) is 61.4 Å². The van der Waals surface area contributed by atoms with E-state index in [-0.39, 0.29) is 17.9 Å². The molecular weight excluding hydrogens is 252 g/mol. The summed E-state index contributed by atoms with van der Waals surface area (Å²) in [5, 5.41) is 15.6. The minimum absolute atomic E-state index is 0.0000557. The molecule has 1 aliphatic carbocycles. The largest absolute Gasteiger partial charge is 0.396 e. The molecule has 1 aromatic carbocycles. The molecule has 1 fully saturated rings. The molecule has 4 heteroatoms. The molecule has 1 saturated carbocycles. The summed E-state index contributed by atoms with van der Waals surface area (Å²) in [6.45, 7) is 1.81. The maximum atomic E-state index is 11.7. The van der Waals surface area contributed by atoms with E-state index in [9.17, 15) is 9.90 Å². The Morgan fingerprint density at radius 2 is 1.90 bits per heavy atom. The van der Waals surface area contributed by atoms with Gasteiger partial charge in [-0.3, -0.25) is 4.79 Å². The van der Waals surface area contributed by atoms with Gasteiger partial charge in [-0.25, -0.2) is 0 Å². The fraction of sp³-hybridized carbons (Fsp3) is 0.562. The summed E-state index contributed by atoms with van der Waals surface area (Å²) >= 11 is 0. The van der Waals surface area contributed by atoms with Gasteiger partial charge in [0.25, 0.3) is 0 Å².